The number of rotatable bonds is 5. The van der Waals surface area contributed by atoms with E-state index in [0.29, 0.717) is 15.6 Å². The zero-order chi connectivity index (χ0) is 19.7. The minimum Gasteiger partial charge on any atom is -0.354 e. The Hall–Kier alpha value is -2.82. The normalized spacial score (nSPS) is 12.2. The number of fused-ring (bicyclic) bond motifs is 1. The minimum atomic E-state index is -0.522. The second kappa shape index (κ2) is 7.66. The van der Waals surface area contributed by atoms with Crippen LogP contribution in [0.25, 0.3) is 22.2 Å². The molecule has 1 N–H and O–H groups in total. The Bertz CT molecular complexity index is 1160. The van der Waals surface area contributed by atoms with Crippen molar-refractivity contribution in [3.8, 4) is 11.3 Å². The summed E-state index contributed by atoms with van der Waals surface area (Å²) in [7, 11) is 0. The van der Waals surface area contributed by atoms with Crippen molar-refractivity contribution in [2.24, 2.45) is 0 Å². The lowest BCUT2D eigenvalue weighted by molar-refractivity contribution is -0.481. The maximum Gasteiger partial charge on any atom is 0.214 e. The zero-order valence-corrected chi connectivity index (χ0v) is 16.2. The first-order chi connectivity index (χ1) is 13.5. The molecule has 4 aromatic rings. The van der Waals surface area contributed by atoms with Gasteiger partial charge in [-0.3, -0.25) is 10.1 Å². The van der Waals surface area contributed by atoms with E-state index in [9.17, 15) is 10.1 Å². The summed E-state index contributed by atoms with van der Waals surface area (Å²) in [5.41, 5.74) is 4.30. The zero-order valence-electron chi connectivity index (χ0n) is 14.7. The number of nitrogens with zero attached hydrogens (tertiary/aromatic N) is 1. The van der Waals surface area contributed by atoms with Gasteiger partial charge in [-0.15, -0.1) is 0 Å². The smallest absolute Gasteiger partial charge is 0.214 e. The van der Waals surface area contributed by atoms with Crippen LogP contribution in [0.5, 0.6) is 0 Å². The van der Waals surface area contributed by atoms with Crippen molar-refractivity contribution < 1.29 is 4.92 Å². The highest BCUT2D eigenvalue weighted by Crippen LogP contribution is 2.41. The number of aromatic amines is 1. The number of nitrogens with one attached hydrogen (secondary N) is 1. The molecule has 1 aromatic heterocycles. The molecule has 0 radical (unpaired) electrons. The van der Waals surface area contributed by atoms with E-state index in [-0.39, 0.29) is 11.5 Å². The Morgan fingerprint density at radius 3 is 2.39 bits per heavy atom. The van der Waals surface area contributed by atoms with E-state index in [1.165, 1.54) is 0 Å². The number of hydrogen-bond donors (Lipinski definition) is 1. The molecule has 0 aliphatic rings. The van der Waals surface area contributed by atoms with E-state index in [1.807, 2.05) is 54.6 Å². The molecular weight excluding hydrogens is 395 g/mol. The van der Waals surface area contributed by atoms with Crippen molar-refractivity contribution in [2.75, 3.05) is 6.54 Å². The molecule has 0 bridgehead atoms. The van der Waals surface area contributed by atoms with Crippen LogP contribution in [0.3, 0.4) is 0 Å². The summed E-state index contributed by atoms with van der Waals surface area (Å²) in [5, 5.41) is 13.4. The van der Waals surface area contributed by atoms with Gasteiger partial charge in [0.05, 0.1) is 11.6 Å². The molecule has 4 rings (SSSR count). The topological polar surface area (TPSA) is 58.9 Å². The summed E-state index contributed by atoms with van der Waals surface area (Å²) in [6.07, 6.45) is 0. The van der Waals surface area contributed by atoms with E-state index in [4.69, 9.17) is 23.2 Å². The first-order valence-electron chi connectivity index (χ1n) is 8.77. The number of aromatic nitrogens is 1. The molecule has 6 heteroatoms. The molecule has 0 saturated carbocycles. The molecule has 0 amide bonds. The van der Waals surface area contributed by atoms with E-state index >= 15 is 0 Å². The maximum absolute atomic E-state index is 11.6. The lowest BCUT2D eigenvalue weighted by Crippen LogP contribution is -2.15. The molecule has 0 aliphatic heterocycles. The van der Waals surface area contributed by atoms with E-state index < -0.39 is 5.92 Å². The van der Waals surface area contributed by atoms with Crippen LogP contribution in [0.4, 0.5) is 0 Å². The monoisotopic (exact) mass is 410 g/mol. The van der Waals surface area contributed by atoms with Gasteiger partial charge in [0, 0.05) is 25.9 Å². The van der Waals surface area contributed by atoms with Gasteiger partial charge in [0.2, 0.25) is 6.54 Å². The Kier molecular flexibility index (Phi) is 5.07. The number of nitro groups is 1. The molecule has 0 aliphatic carbocycles. The summed E-state index contributed by atoms with van der Waals surface area (Å²) in [5.74, 6) is -0.522. The lowest BCUT2D eigenvalue weighted by atomic mass is 9.87. The van der Waals surface area contributed by atoms with Crippen LogP contribution in [0.2, 0.25) is 10.0 Å². The number of para-hydroxylation sites is 1. The number of H-pyrrole nitrogens is 1. The van der Waals surface area contributed by atoms with Gasteiger partial charge in [-0.2, -0.15) is 0 Å². The van der Waals surface area contributed by atoms with Gasteiger partial charge in [-0.1, -0.05) is 77.8 Å². The van der Waals surface area contributed by atoms with E-state index in [1.54, 1.807) is 18.2 Å². The Balaban J connectivity index is 2.01. The predicted octanol–water partition coefficient (Wildman–Crippen LogP) is 6.55. The Labute approximate surface area is 171 Å². The number of hydrogen-bond acceptors (Lipinski definition) is 2. The van der Waals surface area contributed by atoms with Crippen molar-refractivity contribution in [2.45, 2.75) is 5.92 Å². The highest BCUT2D eigenvalue weighted by molar-refractivity contribution is 6.35. The fraction of sp³-hybridized carbons (Fsp3) is 0.0909. The molecule has 140 valence electrons. The molecule has 3 aromatic carbocycles. The van der Waals surface area contributed by atoms with Crippen molar-refractivity contribution in [3.63, 3.8) is 0 Å². The second-order valence-corrected chi connectivity index (χ2v) is 7.40. The highest BCUT2D eigenvalue weighted by Gasteiger charge is 2.29. The standard InChI is InChI=1S/C22H16Cl2N2O2/c23-15-10-11-16(19(24)12-15)18(13-26(27)28)21-17-8-4-5-9-20(17)25-22(21)14-6-2-1-3-7-14/h1-12,18,25H,13H2/t18-/m0/s1. The molecule has 1 heterocycles. The van der Waals surface area contributed by atoms with Crippen LogP contribution < -0.4 is 0 Å². The molecule has 4 nitrogen and oxygen atoms in total. The summed E-state index contributed by atoms with van der Waals surface area (Å²) in [4.78, 5) is 14.7. The number of halogens is 2. The van der Waals surface area contributed by atoms with Crippen LogP contribution in [-0.2, 0) is 0 Å². The molecule has 28 heavy (non-hydrogen) atoms. The minimum absolute atomic E-state index is 0.275. The number of benzene rings is 3. The van der Waals surface area contributed by atoms with Crippen LogP contribution in [0.1, 0.15) is 17.0 Å². The van der Waals surface area contributed by atoms with Crippen LogP contribution >= 0.6 is 23.2 Å². The summed E-state index contributed by atoms with van der Waals surface area (Å²) in [6.45, 7) is -0.275. The summed E-state index contributed by atoms with van der Waals surface area (Å²) in [6, 6.07) is 22.7. The molecule has 0 saturated heterocycles. The van der Waals surface area contributed by atoms with Crippen molar-refractivity contribution in [3.05, 3.63) is 104 Å². The van der Waals surface area contributed by atoms with Gasteiger partial charge in [0.15, 0.2) is 0 Å². The van der Waals surface area contributed by atoms with Crippen LogP contribution in [0, 0.1) is 10.1 Å². The molecule has 0 spiro atoms. The van der Waals surface area contributed by atoms with Gasteiger partial charge in [-0.25, -0.2) is 0 Å². The van der Waals surface area contributed by atoms with Crippen molar-refractivity contribution in [1.29, 1.82) is 0 Å². The van der Waals surface area contributed by atoms with Crippen molar-refractivity contribution >= 4 is 34.1 Å². The lowest BCUT2D eigenvalue weighted by Gasteiger charge is -2.17. The summed E-state index contributed by atoms with van der Waals surface area (Å²) < 4.78 is 0. The van der Waals surface area contributed by atoms with E-state index in [0.717, 1.165) is 27.7 Å². The fourth-order valence-corrected chi connectivity index (χ4v) is 4.18. The quantitative estimate of drug-likeness (QED) is 0.299. The average Bonchev–Trinajstić information content (AvgIpc) is 3.06. The second-order valence-electron chi connectivity index (χ2n) is 6.56. The highest BCUT2D eigenvalue weighted by atomic mass is 35.5. The first kappa shape index (κ1) is 18.5. The molecule has 0 unspecified atom stereocenters. The largest absolute Gasteiger partial charge is 0.354 e. The van der Waals surface area contributed by atoms with E-state index in [2.05, 4.69) is 4.98 Å². The van der Waals surface area contributed by atoms with Crippen LogP contribution in [0.15, 0.2) is 72.8 Å². The van der Waals surface area contributed by atoms with Gasteiger partial charge < -0.3 is 4.98 Å². The van der Waals surface area contributed by atoms with Gasteiger partial charge in [0.1, 0.15) is 0 Å². The molecule has 0 fully saturated rings. The average molecular weight is 411 g/mol. The van der Waals surface area contributed by atoms with Gasteiger partial charge in [0.25, 0.3) is 0 Å². The summed E-state index contributed by atoms with van der Waals surface area (Å²) >= 11 is 12.5. The van der Waals surface area contributed by atoms with Crippen LogP contribution in [-0.4, -0.2) is 16.5 Å². The predicted molar refractivity (Wildman–Crippen MR) is 114 cm³/mol. The van der Waals surface area contributed by atoms with Gasteiger partial charge in [-0.05, 0) is 34.9 Å². The maximum atomic E-state index is 11.6. The molecule has 1 atom stereocenters. The third kappa shape index (κ3) is 3.49. The Morgan fingerprint density at radius 1 is 0.964 bits per heavy atom. The van der Waals surface area contributed by atoms with Crippen molar-refractivity contribution in [1.82, 2.24) is 4.98 Å². The third-order valence-corrected chi connectivity index (χ3v) is 5.39. The molecular formula is C22H16Cl2N2O2. The van der Waals surface area contributed by atoms with Gasteiger partial charge >= 0.3 is 0 Å². The SMILES string of the molecule is O=[N+]([O-])C[C@@H](c1ccc(Cl)cc1Cl)c1c(-c2ccccc2)[nH]c2ccccc12. The third-order valence-electron chi connectivity index (χ3n) is 4.83. The fourth-order valence-electron chi connectivity index (χ4n) is 3.64. The first-order valence-corrected chi connectivity index (χ1v) is 9.53. The Morgan fingerprint density at radius 2 is 1.68 bits per heavy atom.